The van der Waals surface area contributed by atoms with Crippen LogP contribution < -0.4 is 6.15 Å². The highest BCUT2D eigenvalue weighted by molar-refractivity contribution is 7.86. The van der Waals surface area contributed by atoms with E-state index in [1.807, 2.05) is 0 Å². The Morgan fingerprint density at radius 1 is 0.875 bits per heavy atom. The van der Waals surface area contributed by atoms with Crippen LogP contribution in [-0.4, -0.2) is 35.6 Å². The normalized spacial score (nSPS) is 12.9. The molecule has 0 amide bonds. The van der Waals surface area contributed by atoms with Crippen LogP contribution in [0.25, 0.3) is 0 Å². The molecule has 5 N–H and O–H groups in total. The van der Waals surface area contributed by atoms with Crippen molar-refractivity contribution in [2.24, 2.45) is 0 Å². The molecule has 0 aromatic heterocycles. The van der Waals surface area contributed by atoms with Gasteiger partial charge >= 0.3 is 5.97 Å². The monoisotopic (exact) mass is 349 g/mol. The first kappa shape index (κ1) is 17.5. The number of rotatable bonds is 2. The Labute approximate surface area is 136 Å². The molecule has 0 heterocycles. The van der Waals surface area contributed by atoms with E-state index in [2.05, 4.69) is 0 Å². The lowest BCUT2D eigenvalue weighted by molar-refractivity contribution is 0.0691. The minimum absolute atomic E-state index is 0. The minimum Gasteiger partial charge on any atom is -0.478 e. The van der Waals surface area contributed by atoms with Crippen molar-refractivity contribution >= 4 is 27.7 Å². The summed E-state index contributed by atoms with van der Waals surface area (Å²) in [6.07, 6.45) is 0. The predicted molar refractivity (Wildman–Crippen MR) is 81.5 cm³/mol. The van der Waals surface area contributed by atoms with Crippen molar-refractivity contribution in [3.8, 4) is 0 Å². The molecule has 24 heavy (non-hydrogen) atoms. The van der Waals surface area contributed by atoms with Gasteiger partial charge in [-0.15, -0.1) is 0 Å². The molecule has 1 aliphatic rings. The van der Waals surface area contributed by atoms with Gasteiger partial charge < -0.3 is 11.3 Å². The molecule has 0 fully saturated rings. The maximum Gasteiger partial charge on any atom is 0.337 e. The lowest BCUT2D eigenvalue weighted by Crippen LogP contribution is -2.25. The lowest BCUT2D eigenvalue weighted by Gasteiger charge is -2.20. The Hall–Kier alpha value is -2.88. The Bertz CT molecular complexity index is 1010. The number of carbonyl (C=O) groups excluding carboxylic acids is 2. The largest absolute Gasteiger partial charge is 0.478 e. The van der Waals surface area contributed by atoms with Gasteiger partial charge in [-0.3, -0.25) is 14.1 Å². The molecule has 0 bridgehead atoms. The molecule has 0 atom stereocenters. The summed E-state index contributed by atoms with van der Waals surface area (Å²) in [5.41, 5.74) is -1.60. The molecular weight excluding hydrogens is 338 g/mol. The van der Waals surface area contributed by atoms with Gasteiger partial charge in [0, 0.05) is 16.7 Å². The van der Waals surface area contributed by atoms with Crippen LogP contribution in [0.15, 0.2) is 41.3 Å². The highest BCUT2D eigenvalue weighted by Crippen LogP contribution is 2.33. The van der Waals surface area contributed by atoms with Crippen LogP contribution in [0.5, 0.6) is 0 Å². The molecule has 9 heteroatoms. The van der Waals surface area contributed by atoms with Crippen molar-refractivity contribution in [3.63, 3.8) is 0 Å². The standard InChI is InChI=1S/C15H8O7S.H3N/c16-12-7-3-1-2-4-8(7)13(17)11-9(12)5-6-10(15(18)19)14(11)23(20,21)22;/h1-6H,(H,18,19)(H,20,21,22);1H3. The van der Waals surface area contributed by atoms with Crippen molar-refractivity contribution in [2.45, 2.75) is 4.90 Å². The molecule has 0 radical (unpaired) electrons. The molecule has 8 nitrogen and oxygen atoms in total. The van der Waals surface area contributed by atoms with E-state index in [1.165, 1.54) is 18.2 Å². The molecule has 0 saturated heterocycles. The number of carboxylic acids is 1. The predicted octanol–water partition coefficient (Wildman–Crippen LogP) is 1.57. The molecule has 0 spiro atoms. The Kier molecular flexibility index (Phi) is 4.10. The summed E-state index contributed by atoms with van der Waals surface area (Å²) >= 11 is 0. The van der Waals surface area contributed by atoms with Crippen LogP contribution in [0.2, 0.25) is 0 Å². The van der Waals surface area contributed by atoms with E-state index >= 15 is 0 Å². The molecule has 0 saturated carbocycles. The molecule has 1 aliphatic carbocycles. The van der Waals surface area contributed by atoms with Gasteiger partial charge in [-0.05, 0) is 12.1 Å². The van der Waals surface area contributed by atoms with Crippen LogP contribution in [0.3, 0.4) is 0 Å². The third-order valence-corrected chi connectivity index (χ3v) is 4.47. The van der Waals surface area contributed by atoms with Crippen molar-refractivity contribution in [2.75, 3.05) is 0 Å². The van der Waals surface area contributed by atoms with E-state index in [0.29, 0.717) is 0 Å². The fourth-order valence-corrected chi connectivity index (χ4v) is 3.49. The fraction of sp³-hybridized carbons (Fsp3) is 0. The highest BCUT2D eigenvalue weighted by atomic mass is 32.2. The van der Waals surface area contributed by atoms with E-state index in [1.54, 1.807) is 6.07 Å². The van der Waals surface area contributed by atoms with Gasteiger partial charge in [0.25, 0.3) is 10.1 Å². The Morgan fingerprint density at radius 3 is 1.92 bits per heavy atom. The summed E-state index contributed by atoms with van der Waals surface area (Å²) < 4.78 is 32.6. The number of fused-ring (bicyclic) bond motifs is 2. The highest BCUT2D eigenvalue weighted by Gasteiger charge is 2.37. The zero-order valence-electron chi connectivity index (χ0n) is 12.0. The number of aromatic carboxylic acids is 1. The van der Waals surface area contributed by atoms with Gasteiger partial charge in [0.05, 0.1) is 11.1 Å². The number of ketones is 2. The smallest absolute Gasteiger partial charge is 0.337 e. The average Bonchev–Trinajstić information content (AvgIpc) is 2.50. The van der Waals surface area contributed by atoms with E-state index < -0.39 is 43.7 Å². The first-order valence-electron chi connectivity index (χ1n) is 6.29. The third kappa shape index (κ3) is 2.40. The molecule has 2 aromatic carbocycles. The molecule has 0 unspecified atom stereocenters. The topological polar surface area (TPSA) is 161 Å². The Balaban J connectivity index is 0.00000208. The maximum absolute atomic E-state index is 12.6. The second-order valence-corrected chi connectivity index (χ2v) is 6.21. The van der Waals surface area contributed by atoms with Crippen molar-refractivity contribution < 1.29 is 32.5 Å². The molecule has 2 aromatic rings. The zero-order valence-corrected chi connectivity index (χ0v) is 12.8. The summed E-state index contributed by atoms with van der Waals surface area (Å²) in [5.74, 6) is -3.08. The summed E-state index contributed by atoms with van der Waals surface area (Å²) in [4.78, 5) is 35.2. The number of benzene rings is 2. The van der Waals surface area contributed by atoms with Crippen LogP contribution in [-0.2, 0) is 10.1 Å². The summed E-state index contributed by atoms with van der Waals surface area (Å²) in [7, 11) is -5.03. The second kappa shape index (κ2) is 5.64. The van der Waals surface area contributed by atoms with E-state index in [9.17, 15) is 27.4 Å². The lowest BCUT2D eigenvalue weighted by atomic mass is 9.83. The van der Waals surface area contributed by atoms with Gasteiger partial charge in [0.15, 0.2) is 11.6 Å². The first-order valence-corrected chi connectivity index (χ1v) is 7.73. The van der Waals surface area contributed by atoms with Gasteiger partial charge in [0.2, 0.25) is 0 Å². The van der Waals surface area contributed by atoms with E-state index in [-0.39, 0.29) is 22.8 Å². The molecule has 3 rings (SSSR count). The minimum atomic E-state index is -5.03. The molecular formula is C15H11NO7S. The van der Waals surface area contributed by atoms with Crippen molar-refractivity contribution in [3.05, 3.63) is 64.2 Å². The third-order valence-electron chi connectivity index (χ3n) is 3.53. The summed E-state index contributed by atoms with van der Waals surface area (Å²) in [6, 6.07) is 7.73. The number of hydrogen-bond acceptors (Lipinski definition) is 6. The van der Waals surface area contributed by atoms with Crippen LogP contribution in [0.1, 0.15) is 42.2 Å². The number of hydrogen-bond donors (Lipinski definition) is 3. The van der Waals surface area contributed by atoms with E-state index in [0.717, 1.165) is 12.1 Å². The molecule has 0 aliphatic heterocycles. The SMILES string of the molecule is N.O=C1c2ccccc2C(=O)c2c1ccc(C(=O)O)c2S(=O)(=O)O. The van der Waals surface area contributed by atoms with Crippen LogP contribution in [0, 0.1) is 0 Å². The second-order valence-electron chi connectivity index (χ2n) is 4.85. The molecule has 124 valence electrons. The van der Waals surface area contributed by atoms with Gasteiger partial charge in [-0.1, -0.05) is 24.3 Å². The fourth-order valence-electron chi connectivity index (χ4n) is 2.59. The zero-order chi connectivity index (χ0) is 16.9. The summed E-state index contributed by atoms with van der Waals surface area (Å²) in [5, 5.41) is 9.11. The van der Waals surface area contributed by atoms with Gasteiger partial charge in [-0.2, -0.15) is 8.42 Å². The number of carboxylic acid groups (broad SMARTS) is 1. The average molecular weight is 349 g/mol. The Morgan fingerprint density at radius 2 is 1.42 bits per heavy atom. The van der Waals surface area contributed by atoms with Gasteiger partial charge in [0.1, 0.15) is 4.90 Å². The van der Waals surface area contributed by atoms with Crippen LogP contribution in [0.4, 0.5) is 0 Å². The van der Waals surface area contributed by atoms with Crippen molar-refractivity contribution in [1.29, 1.82) is 0 Å². The quantitative estimate of drug-likeness (QED) is 0.587. The van der Waals surface area contributed by atoms with E-state index in [4.69, 9.17) is 5.11 Å². The number of carbonyl (C=O) groups is 3. The van der Waals surface area contributed by atoms with Gasteiger partial charge in [-0.25, -0.2) is 4.79 Å². The summed E-state index contributed by atoms with van der Waals surface area (Å²) in [6.45, 7) is 0. The first-order chi connectivity index (χ1) is 10.7. The maximum atomic E-state index is 12.6. The van der Waals surface area contributed by atoms with Crippen molar-refractivity contribution in [1.82, 2.24) is 6.15 Å². The van der Waals surface area contributed by atoms with Crippen LogP contribution >= 0.6 is 0 Å².